The average molecular weight is 544 g/mol. The van der Waals surface area contributed by atoms with E-state index in [1.807, 2.05) is 23.1 Å². The molecule has 41 heavy (non-hydrogen) atoms. The summed E-state index contributed by atoms with van der Waals surface area (Å²) in [6.45, 7) is 0. The minimum atomic E-state index is -0.799. The van der Waals surface area contributed by atoms with Gasteiger partial charge in [-0.25, -0.2) is 0 Å². The Kier molecular flexibility index (Phi) is 5.56. The van der Waals surface area contributed by atoms with Crippen molar-refractivity contribution in [3.8, 4) is 6.07 Å². The molecule has 1 saturated heterocycles. The Morgan fingerprint density at radius 1 is 0.878 bits per heavy atom. The molecule has 1 heterocycles. The van der Waals surface area contributed by atoms with Crippen LogP contribution < -0.4 is 5.32 Å². The zero-order chi connectivity index (χ0) is 27.8. The van der Waals surface area contributed by atoms with Crippen LogP contribution in [0.3, 0.4) is 0 Å². The number of hydrogen-bond donors (Lipinski definition) is 2. The highest BCUT2D eigenvalue weighted by molar-refractivity contribution is 5.85. The van der Waals surface area contributed by atoms with Crippen molar-refractivity contribution in [3.63, 3.8) is 0 Å². The Balaban J connectivity index is 1.34. The largest absolute Gasteiger partial charge is 0.390 e. The van der Waals surface area contributed by atoms with Gasteiger partial charge in [0.05, 0.1) is 23.3 Å². The van der Waals surface area contributed by atoms with Gasteiger partial charge in [0, 0.05) is 11.5 Å². The number of benzene rings is 3. The van der Waals surface area contributed by atoms with Crippen molar-refractivity contribution in [2.75, 3.05) is 0 Å². The summed E-state index contributed by atoms with van der Waals surface area (Å²) < 4.78 is 0. The Morgan fingerprint density at radius 3 is 2.00 bits per heavy atom. The number of amides is 1. The summed E-state index contributed by atoms with van der Waals surface area (Å²) in [6, 6.07) is 33.2. The monoisotopic (exact) mass is 543 g/mol. The van der Waals surface area contributed by atoms with Crippen LogP contribution in [0.5, 0.6) is 0 Å². The van der Waals surface area contributed by atoms with Crippen LogP contribution >= 0.6 is 0 Å². The van der Waals surface area contributed by atoms with Gasteiger partial charge >= 0.3 is 0 Å². The lowest BCUT2D eigenvalue weighted by Crippen LogP contribution is -2.63. The van der Waals surface area contributed by atoms with E-state index in [0.29, 0.717) is 24.2 Å². The fraction of sp³-hybridized carbons (Fsp3) is 0.444. The van der Waals surface area contributed by atoms with Crippen molar-refractivity contribution in [1.29, 1.82) is 5.26 Å². The van der Waals surface area contributed by atoms with Crippen molar-refractivity contribution in [2.24, 2.45) is 23.2 Å². The molecule has 0 aromatic heterocycles. The van der Waals surface area contributed by atoms with Crippen LogP contribution in [-0.2, 0) is 10.3 Å². The van der Waals surface area contributed by atoms with Gasteiger partial charge in [0.2, 0.25) is 5.91 Å². The number of nitriles is 1. The maximum atomic E-state index is 15.1. The summed E-state index contributed by atoms with van der Waals surface area (Å²) in [7, 11) is 0. The molecule has 4 bridgehead atoms. The zero-order valence-electron chi connectivity index (χ0n) is 23.3. The molecule has 5 unspecified atom stereocenters. The number of hydrogen-bond acceptors (Lipinski definition) is 4. The summed E-state index contributed by atoms with van der Waals surface area (Å²) in [6.07, 6.45) is 6.09. The van der Waals surface area contributed by atoms with E-state index in [1.165, 1.54) is 0 Å². The van der Waals surface area contributed by atoms with Gasteiger partial charge < -0.3 is 10.0 Å². The number of piperidine rings is 1. The lowest BCUT2D eigenvalue weighted by atomic mass is 9.67. The molecule has 0 radical (unpaired) electrons. The Morgan fingerprint density at radius 2 is 1.46 bits per heavy atom. The van der Waals surface area contributed by atoms with Gasteiger partial charge in [-0.05, 0) is 79.4 Å². The topological polar surface area (TPSA) is 76.4 Å². The number of nitrogens with one attached hydrogen (secondary N) is 1. The van der Waals surface area contributed by atoms with Crippen molar-refractivity contribution < 1.29 is 9.90 Å². The van der Waals surface area contributed by atoms with Crippen LogP contribution in [0.25, 0.3) is 0 Å². The van der Waals surface area contributed by atoms with E-state index in [0.717, 1.165) is 55.2 Å². The average Bonchev–Trinajstić information content (AvgIpc) is 3.51. The number of fused-ring (bicyclic) bond motifs is 1. The maximum absolute atomic E-state index is 15.1. The highest BCUT2D eigenvalue weighted by Crippen LogP contribution is 2.69. The number of rotatable bonds is 7. The first-order valence-corrected chi connectivity index (χ1v) is 15.3. The van der Waals surface area contributed by atoms with E-state index < -0.39 is 17.2 Å². The third kappa shape index (κ3) is 3.70. The first-order chi connectivity index (χ1) is 20.0. The lowest BCUT2D eigenvalue weighted by molar-refractivity contribution is -0.140. The molecule has 3 aromatic carbocycles. The molecule has 5 aliphatic carbocycles. The van der Waals surface area contributed by atoms with E-state index >= 15 is 4.79 Å². The molecule has 1 amide bonds. The second-order valence-electron chi connectivity index (χ2n) is 13.7. The van der Waals surface area contributed by atoms with E-state index in [4.69, 9.17) is 0 Å². The van der Waals surface area contributed by atoms with Gasteiger partial charge in [-0.3, -0.25) is 10.1 Å². The van der Waals surface area contributed by atoms with Gasteiger partial charge in [-0.15, -0.1) is 0 Å². The lowest BCUT2D eigenvalue weighted by Gasteiger charge is -2.48. The SMILES string of the molecule is N#C[C@@H]1C[C@@H]2CC2N1C(=O)[C@@H](NC(c1ccccc1)(c1ccccc1)c1ccccc1)C12CC3CC1CC(O)(C3)C2. The third-order valence-corrected chi connectivity index (χ3v) is 11.4. The molecule has 6 fully saturated rings. The maximum Gasteiger partial charge on any atom is 0.241 e. The van der Waals surface area contributed by atoms with E-state index in [1.54, 1.807) is 0 Å². The second-order valence-corrected chi connectivity index (χ2v) is 13.7. The second kappa shape index (κ2) is 9.02. The summed E-state index contributed by atoms with van der Waals surface area (Å²) in [4.78, 5) is 17.1. The van der Waals surface area contributed by atoms with Gasteiger partial charge in [0.15, 0.2) is 0 Å². The van der Waals surface area contributed by atoms with Crippen LogP contribution in [0.2, 0.25) is 0 Å². The van der Waals surface area contributed by atoms with Crippen LogP contribution in [0.4, 0.5) is 0 Å². The molecule has 6 aliphatic rings. The smallest absolute Gasteiger partial charge is 0.241 e. The summed E-state index contributed by atoms with van der Waals surface area (Å²) in [5.74, 6) is 1.25. The molecule has 8 atom stereocenters. The normalized spacial score (nSPS) is 35.2. The highest BCUT2D eigenvalue weighted by Gasteiger charge is 2.69. The molecule has 3 aromatic rings. The molecule has 208 valence electrons. The van der Waals surface area contributed by atoms with Crippen molar-refractivity contribution in [1.82, 2.24) is 10.2 Å². The number of likely N-dealkylation sites (tertiary alicyclic amines) is 1. The number of carbonyl (C=O) groups is 1. The minimum absolute atomic E-state index is 0.0607. The van der Waals surface area contributed by atoms with Gasteiger partial charge in [0.1, 0.15) is 6.04 Å². The van der Waals surface area contributed by atoms with Gasteiger partial charge in [-0.1, -0.05) is 91.0 Å². The minimum Gasteiger partial charge on any atom is -0.390 e. The molecular formula is C36H37N3O2. The van der Waals surface area contributed by atoms with Crippen LogP contribution in [0, 0.1) is 34.5 Å². The Hall–Kier alpha value is -3.46. The van der Waals surface area contributed by atoms with E-state index in [9.17, 15) is 10.4 Å². The first-order valence-electron chi connectivity index (χ1n) is 15.3. The molecule has 5 saturated carbocycles. The molecular weight excluding hydrogens is 506 g/mol. The van der Waals surface area contributed by atoms with Crippen LogP contribution in [0.1, 0.15) is 61.6 Å². The highest BCUT2D eigenvalue weighted by atomic mass is 16.3. The van der Waals surface area contributed by atoms with E-state index in [-0.39, 0.29) is 23.4 Å². The van der Waals surface area contributed by atoms with Crippen molar-refractivity contribution in [3.05, 3.63) is 108 Å². The standard InChI is InChI=1S/C36H37N3O2/c37-22-30-17-25-18-31(25)39(30)33(40)32(35-20-24-16-29(35)21-34(41,19-24)23-35)38-36(26-10-4-1-5-11-26,27-12-6-2-7-13-27)28-14-8-3-9-15-28/h1-15,24-25,29-32,38,41H,16-21,23H2/t24?,25-,29?,30+,31?,32-,34?,35?/m1/s1. The molecule has 5 heteroatoms. The van der Waals surface area contributed by atoms with Crippen molar-refractivity contribution in [2.45, 2.75) is 74.2 Å². The van der Waals surface area contributed by atoms with Gasteiger partial charge in [-0.2, -0.15) is 5.26 Å². The molecule has 2 N–H and O–H groups in total. The predicted octanol–water partition coefficient (Wildman–Crippen LogP) is 5.39. The molecule has 9 rings (SSSR count). The van der Waals surface area contributed by atoms with Crippen LogP contribution in [-0.4, -0.2) is 39.6 Å². The fourth-order valence-corrected chi connectivity index (χ4v) is 9.90. The first kappa shape index (κ1) is 25.3. The molecule has 1 aliphatic heterocycles. The summed E-state index contributed by atoms with van der Waals surface area (Å²) >= 11 is 0. The van der Waals surface area contributed by atoms with Gasteiger partial charge in [0.25, 0.3) is 0 Å². The summed E-state index contributed by atoms with van der Waals surface area (Å²) in [5, 5.41) is 25.9. The van der Waals surface area contributed by atoms with Crippen LogP contribution in [0.15, 0.2) is 91.0 Å². The number of nitrogens with zero attached hydrogens (tertiary/aromatic N) is 2. The quantitative estimate of drug-likeness (QED) is 0.392. The Bertz CT molecular complexity index is 1410. The summed E-state index contributed by atoms with van der Waals surface area (Å²) in [5.41, 5.74) is 1.39. The Labute approximate surface area is 242 Å². The van der Waals surface area contributed by atoms with E-state index in [2.05, 4.69) is 84.2 Å². The van der Waals surface area contributed by atoms with Crippen molar-refractivity contribution >= 4 is 5.91 Å². The number of carbonyl (C=O) groups excluding carboxylic acids is 1. The molecule has 0 spiro atoms. The predicted molar refractivity (Wildman–Crippen MR) is 156 cm³/mol. The fourth-order valence-electron chi connectivity index (χ4n) is 9.90. The molecule has 5 nitrogen and oxygen atoms in total. The third-order valence-electron chi connectivity index (χ3n) is 11.4. The zero-order valence-corrected chi connectivity index (χ0v) is 23.3. The number of aliphatic hydroxyl groups is 1.